The Hall–Kier alpha value is 0.130. The van der Waals surface area contributed by atoms with Crippen molar-refractivity contribution in [3.8, 4) is 0 Å². The number of amides is 1. The zero-order valence-corrected chi connectivity index (χ0v) is 10.1. The molecule has 0 fully saturated rings. The maximum atomic E-state index is 10.8. The van der Waals surface area contributed by atoms with E-state index in [1.54, 1.807) is 11.3 Å². The first-order chi connectivity index (χ1) is 5.74. The van der Waals surface area contributed by atoms with Crippen molar-refractivity contribution in [2.24, 2.45) is 0 Å². The Bertz CT molecular complexity index is 274. The molecule has 12 heavy (non-hydrogen) atoms. The highest BCUT2D eigenvalue weighted by Gasteiger charge is 2.02. The van der Waals surface area contributed by atoms with E-state index in [-0.39, 0.29) is 5.91 Å². The molecule has 1 N–H and O–H groups in total. The summed E-state index contributed by atoms with van der Waals surface area (Å²) >= 11 is 8.09. The van der Waals surface area contributed by atoms with Crippen LogP contribution in [0.5, 0.6) is 0 Å². The van der Waals surface area contributed by atoms with Crippen molar-refractivity contribution in [3.05, 3.63) is 20.8 Å². The molecule has 0 saturated carbocycles. The molecule has 1 aromatic rings. The van der Waals surface area contributed by atoms with Crippen LogP contribution in [0.4, 0.5) is 0 Å². The number of hydrogen-bond donors (Lipinski definition) is 1. The first-order valence-corrected chi connectivity index (χ1v) is 6.08. The minimum absolute atomic E-state index is 0.00954. The maximum absolute atomic E-state index is 10.8. The molecule has 66 valence electrons. The lowest BCUT2D eigenvalue weighted by Crippen LogP contribution is -2.23. The van der Waals surface area contributed by atoms with Crippen molar-refractivity contribution in [1.82, 2.24) is 5.32 Å². The standard InChI is InChI=1S/C7H7Br2NOS/c8-3-7(11)10-4-6-5(9)1-2-12-6/h1-2H,3-4H2,(H,10,11). The number of carbonyl (C=O) groups excluding carboxylic acids is 1. The Morgan fingerprint density at radius 2 is 2.42 bits per heavy atom. The van der Waals surface area contributed by atoms with Gasteiger partial charge in [-0.3, -0.25) is 4.79 Å². The van der Waals surface area contributed by atoms with Crippen LogP contribution >= 0.6 is 43.2 Å². The third-order valence-corrected chi connectivity index (χ3v) is 3.69. The summed E-state index contributed by atoms with van der Waals surface area (Å²) in [5.41, 5.74) is 0. The summed E-state index contributed by atoms with van der Waals surface area (Å²) in [5.74, 6) is 0.00954. The van der Waals surface area contributed by atoms with Crippen molar-refractivity contribution in [1.29, 1.82) is 0 Å². The zero-order valence-electron chi connectivity index (χ0n) is 6.14. The Morgan fingerprint density at radius 3 is 2.92 bits per heavy atom. The number of carbonyl (C=O) groups is 1. The molecule has 0 bridgehead atoms. The SMILES string of the molecule is O=C(CBr)NCc1sccc1Br. The number of alkyl halides is 1. The molecule has 0 spiro atoms. The summed E-state index contributed by atoms with van der Waals surface area (Å²) in [6, 6.07) is 1.97. The summed E-state index contributed by atoms with van der Waals surface area (Å²) in [6.07, 6.45) is 0. The van der Waals surface area contributed by atoms with Gasteiger partial charge in [-0.2, -0.15) is 0 Å². The van der Waals surface area contributed by atoms with Crippen LogP contribution < -0.4 is 5.32 Å². The lowest BCUT2D eigenvalue weighted by molar-refractivity contribution is -0.118. The second-order valence-electron chi connectivity index (χ2n) is 2.10. The molecule has 0 aliphatic rings. The van der Waals surface area contributed by atoms with E-state index < -0.39 is 0 Å². The third kappa shape index (κ3) is 2.88. The lowest BCUT2D eigenvalue weighted by Gasteiger charge is -2.00. The smallest absolute Gasteiger partial charge is 0.230 e. The molecule has 0 radical (unpaired) electrons. The van der Waals surface area contributed by atoms with E-state index in [9.17, 15) is 4.79 Å². The predicted octanol–water partition coefficient (Wildman–Crippen LogP) is 2.52. The molecule has 0 aliphatic carbocycles. The number of rotatable bonds is 3. The third-order valence-electron chi connectivity index (χ3n) is 1.26. The zero-order chi connectivity index (χ0) is 8.97. The second-order valence-corrected chi connectivity index (χ2v) is 4.52. The van der Waals surface area contributed by atoms with Gasteiger partial charge in [-0.05, 0) is 27.4 Å². The highest BCUT2D eigenvalue weighted by atomic mass is 79.9. The van der Waals surface area contributed by atoms with Crippen molar-refractivity contribution in [2.45, 2.75) is 6.54 Å². The van der Waals surface area contributed by atoms with Crippen LogP contribution in [0.3, 0.4) is 0 Å². The fourth-order valence-electron chi connectivity index (χ4n) is 0.677. The van der Waals surface area contributed by atoms with Gasteiger partial charge in [-0.1, -0.05) is 15.9 Å². The monoisotopic (exact) mass is 311 g/mol. The largest absolute Gasteiger partial charge is 0.350 e. The summed E-state index contributed by atoms with van der Waals surface area (Å²) in [5, 5.41) is 5.11. The average molecular weight is 313 g/mol. The molecular formula is C7H7Br2NOS. The van der Waals surface area contributed by atoms with Gasteiger partial charge in [-0.25, -0.2) is 0 Å². The fraction of sp³-hybridized carbons (Fsp3) is 0.286. The topological polar surface area (TPSA) is 29.1 Å². The Morgan fingerprint density at radius 1 is 1.67 bits per heavy atom. The number of halogens is 2. The van der Waals surface area contributed by atoms with Crippen molar-refractivity contribution in [2.75, 3.05) is 5.33 Å². The van der Waals surface area contributed by atoms with Gasteiger partial charge in [0.1, 0.15) is 0 Å². The van der Waals surface area contributed by atoms with Crippen molar-refractivity contribution in [3.63, 3.8) is 0 Å². The molecule has 0 unspecified atom stereocenters. The van der Waals surface area contributed by atoms with E-state index in [2.05, 4.69) is 37.2 Å². The number of thiophene rings is 1. The summed E-state index contributed by atoms with van der Waals surface area (Å²) in [7, 11) is 0. The molecule has 1 heterocycles. The van der Waals surface area contributed by atoms with E-state index >= 15 is 0 Å². The minimum Gasteiger partial charge on any atom is -0.350 e. The van der Waals surface area contributed by atoms with Gasteiger partial charge in [0.05, 0.1) is 11.9 Å². The van der Waals surface area contributed by atoms with Crippen molar-refractivity contribution < 1.29 is 4.79 Å². The van der Waals surface area contributed by atoms with Crippen molar-refractivity contribution >= 4 is 49.1 Å². The average Bonchev–Trinajstić information content (AvgIpc) is 2.47. The molecule has 1 amide bonds. The summed E-state index contributed by atoms with van der Waals surface area (Å²) in [4.78, 5) is 12.0. The fourth-order valence-corrected chi connectivity index (χ4v) is 2.31. The van der Waals surface area contributed by atoms with Crippen LogP contribution in [0.15, 0.2) is 15.9 Å². The lowest BCUT2D eigenvalue weighted by atomic mass is 10.4. The molecule has 0 saturated heterocycles. The van der Waals surface area contributed by atoms with Gasteiger partial charge in [0.15, 0.2) is 0 Å². The first kappa shape index (κ1) is 10.2. The minimum atomic E-state index is 0.00954. The molecule has 0 aliphatic heterocycles. The Labute approximate surface area is 91.6 Å². The van der Waals surface area contributed by atoms with Crippen LogP contribution in [0.2, 0.25) is 0 Å². The highest BCUT2D eigenvalue weighted by molar-refractivity contribution is 9.10. The number of nitrogens with one attached hydrogen (secondary N) is 1. The number of hydrogen-bond acceptors (Lipinski definition) is 2. The van der Waals surface area contributed by atoms with Crippen LogP contribution in [-0.4, -0.2) is 11.2 Å². The van der Waals surface area contributed by atoms with Gasteiger partial charge in [0.2, 0.25) is 5.91 Å². The summed E-state index contributed by atoms with van der Waals surface area (Å²) < 4.78 is 1.06. The molecule has 2 nitrogen and oxygen atoms in total. The van der Waals surface area contributed by atoms with Gasteiger partial charge in [-0.15, -0.1) is 11.3 Å². The van der Waals surface area contributed by atoms with E-state index in [1.807, 2.05) is 11.4 Å². The van der Waals surface area contributed by atoms with E-state index in [4.69, 9.17) is 0 Å². The first-order valence-electron chi connectivity index (χ1n) is 3.28. The molecule has 0 aromatic carbocycles. The summed E-state index contributed by atoms with van der Waals surface area (Å²) in [6.45, 7) is 0.600. The Balaban J connectivity index is 2.43. The molecule has 0 atom stereocenters. The Kier molecular flexibility index (Phi) is 4.25. The molecular weight excluding hydrogens is 306 g/mol. The van der Waals surface area contributed by atoms with Gasteiger partial charge in [0.25, 0.3) is 0 Å². The van der Waals surface area contributed by atoms with Crippen LogP contribution in [0, 0.1) is 0 Å². The second kappa shape index (κ2) is 4.99. The predicted molar refractivity (Wildman–Crippen MR) is 57.7 cm³/mol. The van der Waals surface area contributed by atoms with Gasteiger partial charge in [0, 0.05) is 9.35 Å². The highest BCUT2D eigenvalue weighted by Crippen LogP contribution is 2.21. The maximum Gasteiger partial charge on any atom is 0.230 e. The van der Waals surface area contributed by atoms with Gasteiger partial charge >= 0.3 is 0 Å². The van der Waals surface area contributed by atoms with E-state index in [0.717, 1.165) is 9.35 Å². The van der Waals surface area contributed by atoms with Gasteiger partial charge < -0.3 is 5.32 Å². The normalized spacial score (nSPS) is 9.83. The quantitative estimate of drug-likeness (QED) is 0.854. The van der Waals surface area contributed by atoms with Crippen LogP contribution in [0.1, 0.15) is 4.88 Å². The van der Waals surface area contributed by atoms with E-state index in [0.29, 0.717) is 11.9 Å². The molecule has 5 heteroatoms. The molecule has 1 aromatic heterocycles. The van der Waals surface area contributed by atoms with E-state index in [1.165, 1.54) is 0 Å². The molecule has 1 rings (SSSR count). The van der Waals surface area contributed by atoms with Crippen LogP contribution in [0.25, 0.3) is 0 Å². The van der Waals surface area contributed by atoms with Crippen LogP contribution in [-0.2, 0) is 11.3 Å².